The van der Waals surface area contributed by atoms with E-state index in [-0.39, 0.29) is 0 Å². The van der Waals surface area contributed by atoms with Crippen molar-refractivity contribution in [2.24, 2.45) is 0 Å². The minimum absolute atomic E-state index is 0.653. The first-order chi connectivity index (χ1) is 11.1. The Bertz CT molecular complexity index is 897. The highest BCUT2D eigenvalue weighted by Crippen LogP contribution is 2.29. The molecule has 0 spiro atoms. The summed E-state index contributed by atoms with van der Waals surface area (Å²) in [5.74, 6) is 0. The second kappa shape index (κ2) is 6.06. The normalized spacial score (nSPS) is 10.3. The number of hydrogen-bond acceptors (Lipinski definition) is 1. The third kappa shape index (κ3) is 3.14. The maximum absolute atomic E-state index is 7.15. The van der Waals surface area contributed by atoms with E-state index in [0.29, 0.717) is 5.69 Å². The average Bonchev–Trinajstić information content (AvgIpc) is 2.54. The summed E-state index contributed by atoms with van der Waals surface area (Å²) in [4.78, 5) is 8.15. The van der Waals surface area contributed by atoms with Gasteiger partial charge in [-0.2, -0.15) is 0 Å². The number of aryl methyl sites for hydroxylation is 3. The van der Waals surface area contributed by atoms with Gasteiger partial charge >= 0.3 is 0 Å². The van der Waals surface area contributed by atoms with Gasteiger partial charge in [-0.15, -0.1) is 0 Å². The SMILES string of the molecule is [C-]#[N+]c1cccc(-c2cnc(-c3cc(C)cc(C)c3)cc2C)c1. The Morgan fingerprint density at radius 3 is 2.26 bits per heavy atom. The highest BCUT2D eigenvalue weighted by atomic mass is 14.7. The van der Waals surface area contributed by atoms with Crippen LogP contribution in [0.25, 0.3) is 27.2 Å². The van der Waals surface area contributed by atoms with Crippen LogP contribution in [0.4, 0.5) is 5.69 Å². The maximum atomic E-state index is 7.15. The highest BCUT2D eigenvalue weighted by Gasteiger charge is 2.07. The highest BCUT2D eigenvalue weighted by molar-refractivity contribution is 5.73. The van der Waals surface area contributed by atoms with Crippen molar-refractivity contribution >= 4 is 5.69 Å². The molecule has 23 heavy (non-hydrogen) atoms. The first-order valence-electron chi connectivity index (χ1n) is 7.60. The number of nitrogens with zero attached hydrogens (tertiary/aromatic N) is 2. The average molecular weight is 298 g/mol. The van der Waals surface area contributed by atoms with Gasteiger partial charge in [-0.05, 0) is 56.2 Å². The molecule has 0 aliphatic rings. The van der Waals surface area contributed by atoms with Gasteiger partial charge < -0.3 is 0 Å². The number of hydrogen-bond donors (Lipinski definition) is 0. The molecule has 1 aromatic heterocycles. The lowest BCUT2D eigenvalue weighted by Gasteiger charge is -2.10. The van der Waals surface area contributed by atoms with Gasteiger partial charge in [-0.25, -0.2) is 4.85 Å². The van der Waals surface area contributed by atoms with Gasteiger partial charge in [0, 0.05) is 17.3 Å². The molecule has 112 valence electrons. The maximum Gasteiger partial charge on any atom is 0.187 e. The molecular formula is C21H18N2. The molecule has 2 nitrogen and oxygen atoms in total. The molecule has 0 amide bonds. The zero-order valence-corrected chi connectivity index (χ0v) is 13.6. The molecule has 0 saturated heterocycles. The molecular weight excluding hydrogens is 280 g/mol. The Hall–Kier alpha value is -2.92. The second-order valence-corrected chi connectivity index (χ2v) is 5.92. The van der Waals surface area contributed by atoms with E-state index in [1.165, 1.54) is 11.1 Å². The molecule has 0 bridgehead atoms. The van der Waals surface area contributed by atoms with E-state index in [1.54, 1.807) is 0 Å². The van der Waals surface area contributed by atoms with Crippen molar-refractivity contribution in [3.8, 4) is 22.4 Å². The van der Waals surface area contributed by atoms with E-state index in [4.69, 9.17) is 6.57 Å². The van der Waals surface area contributed by atoms with Crippen molar-refractivity contribution in [2.75, 3.05) is 0 Å². The van der Waals surface area contributed by atoms with Crippen molar-refractivity contribution in [1.29, 1.82) is 0 Å². The van der Waals surface area contributed by atoms with E-state index < -0.39 is 0 Å². The Balaban J connectivity index is 2.05. The van der Waals surface area contributed by atoms with Gasteiger partial charge in [-0.3, -0.25) is 4.98 Å². The van der Waals surface area contributed by atoms with Crippen LogP contribution in [0, 0.1) is 27.3 Å². The summed E-state index contributed by atoms with van der Waals surface area (Å²) in [6.07, 6.45) is 1.91. The van der Waals surface area contributed by atoms with Crippen LogP contribution in [-0.2, 0) is 0 Å². The van der Waals surface area contributed by atoms with Crippen molar-refractivity contribution in [3.63, 3.8) is 0 Å². The summed E-state index contributed by atoms with van der Waals surface area (Å²) in [6, 6.07) is 16.3. The minimum Gasteiger partial charge on any atom is -0.256 e. The Morgan fingerprint density at radius 2 is 1.61 bits per heavy atom. The van der Waals surface area contributed by atoms with Crippen molar-refractivity contribution in [2.45, 2.75) is 20.8 Å². The van der Waals surface area contributed by atoms with Crippen LogP contribution in [0.5, 0.6) is 0 Å². The first-order valence-corrected chi connectivity index (χ1v) is 7.60. The quantitative estimate of drug-likeness (QED) is 0.539. The molecule has 3 rings (SSSR count). The van der Waals surface area contributed by atoms with E-state index in [9.17, 15) is 0 Å². The summed E-state index contributed by atoms with van der Waals surface area (Å²) in [5, 5.41) is 0. The molecule has 0 saturated carbocycles. The van der Waals surface area contributed by atoms with E-state index in [2.05, 4.69) is 54.9 Å². The predicted molar refractivity (Wildman–Crippen MR) is 95.6 cm³/mol. The zero-order valence-electron chi connectivity index (χ0n) is 13.6. The van der Waals surface area contributed by atoms with Crippen LogP contribution in [0.3, 0.4) is 0 Å². The van der Waals surface area contributed by atoms with Crippen LogP contribution >= 0.6 is 0 Å². The van der Waals surface area contributed by atoms with Gasteiger partial charge in [0.05, 0.1) is 12.3 Å². The number of pyridine rings is 1. The topological polar surface area (TPSA) is 17.2 Å². The first kappa shape index (κ1) is 15.0. The van der Waals surface area contributed by atoms with Crippen LogP contribution in [0.15, 0.2) is 54.7 Å². The van der Waals surface area contributed by atoms with E-state index in [0.717, 1.165) is 27.9 Å². The van der Waals surface area contributed by atoms with Crippen molar-refractivity contribution in [3.05, 3.63) is 82.8 Å². The zero-order chi connectivity index (χ0) is 16.4. The Labute approximate surface area is 137 Å². The summed E-state index contributed by atoms with van der Waals surface area (Å²) in [7, 11) is 0. The van der Waals surface area contributed by atoms with Crippen molar-refractivity contribution in [1.82, 2.24) is 4.98 Å². The standard InChI is InChI=1S/C21H18N2/c1-14-8-15(2)10-18(9-14)21-11-16(3)20(13-23-21)17-6-5-7-19(12-17)22-4/h5-13H,1-3H3. The van der Waals surface area contributed by atoms with E-state index in [1.807, 2.05) is 30.5 Å². The Kier molecular flexibility index (Phi) is 3.95. The van der Waals surface area contributed by atoms with Gasteiger partial charge in [-0.1, -0.05) is 35.4 Å². The molecule has 2 heteroatoms. The molecule has 0 N–H and O–H groups in total. The van der Waals surface area contributed by atoms with Gasteiger partial charge in [0.25, 0.3) is 0 Å². The largest absolute Gasteiger partial charge is 0.256 e. The minimum atomic E-state index is 0.653. The van der Waals surface area contributed by atoms with E-state index >= 15 is 0 Å². The number of benzene rings is 2. The molecule has 0 radical (unpaired) electrons. The summed E-state index contributed by atoms with van der Waals surface area (Å²) >= 11 is 0. The fourth-order valence-electron chi connectivity index (χ4n) is 2.88. The third-order valence-electron chi connectivity index (χ3n) is 3.91. The van der Waals surface area contributed by atoms with Crippen molar-refractivity contribution < 1.29 is 0 Å². The summed E-state index contributed by atoms with van der Waals surface area (Å²) in [5.41, 5.74) is 8.55. The van der Waals surface area contributed by atoms with Crippen LogP contribution in [0.1, 0.15) is 16.7 Å². The molecule has 1 heterocycles. The van der Waals surface area contributed by atoms with Crippen LogP contribution in [0.2, 0.25) is 0 Å². The van der Waals surface area contributed by atoms with Gasteiger partial charge in [0.1, 0.15) is 0 Å². The number of aromatic nitrogens is 1. The molecule has 3 aromatic rings. The Morgan fingerprint density at radius 1 is 0.870 bits per heavy atom. The fourth-order valence-corrected chi connectivity index (χ4v) is 2.88. The molecule has 0 unspecified atom stereocenters. The lowest BCUT2D eigenvalue weighted by molar-refractivity contribution is 1.27. The summed E-state index contributed by atoms with van der Waals surface area (Å²) in [6.45, 7) is 13.5. The number of rotatable bonds is 2. The van der Waals surface area contributed by atoms with Crippen LogP contribution in [-0.4, -0.2) is 4.98 Å². The summed E-state index contributed by atoms with van der Waals surface area (Å²) < 4.78 is 0. The molecule has 0 aliphatic heterocycles. The molecule has 0 atom stereocenters. The lowest BCUT2D eigenvalue weighted by atomic mass is 9.99. The molecule has 0 aliphatic carbocycles. The monoisotopic (exact) mass is 298 g/mol. The fraction of sp³-hybridized carbons (Fsp3) is 0.143. The van der Waals surface area contributed by atoms with Gasteiger partial charge in [0.15, 0.2) is 5.69 Å². The lowest BCUT2D eigenvalue weighted by Crippen LogP contribution is -1.91. The van der Waals surface area contributed by atoms with Gasteiger partial charge in [0.2, 0.25) is 0 Å². The molecule has 0 fully saturated rings. The van der Waals surface area contributed by atoms with Crippen LogP contribution < -0.4 is 0 Å². The third-order valence-corrected chi connectivity index (χ3v) is 3.91. The smallest absolute Gasteiger partial charge is 0.187 e. The molecule has 2 aromatic carbocycles. The predicted octanol–water partition coefficient (Wildman–Crippen LogP) is 5.89. The second-order valence-electron chi connectivity index (χ2n) is 5.92.